The molecule has 3 heterocycles. The summed E-state index contributed by atoms with van der Waals surface area (Å²) in [7, 11) is 1.62. The summed E-state index contributed by atoms with van der Waals surface area (Å²) in [4.78, 5) is 36.9. The predicted molar refractivity (Wildman–Crippen MR) is 122 cm³/mol. The third-order valence-electron chi connectivity index (χ3n) is 4.98. The average Bonchev–Trinajstić information content (AvgIpc) is 3.38. The second-order valence-corrected chi connectivity index (χ2v) is 7.89. The van der Waals surface area contributed by atoms with E-state index in [9.17, 15) is 9.59 Å². The lowest BCUT2D eigenvalue weighted by atomic mass is 10.2. The van der Waals surface area contributed by atoms with E-state index in [1.807, 2.05) is 47.8 Å². The number of nitrogens with zero attached hydrogens (tertiary/aromatic N) is 4. The van der Waals surface area contributed by atoms with Gasteiger partial charge in [0.15, 0.2) is 0 Å². The SMILES string of the molecule is COc1ccc(-c2csc3nc(NC(=O)CCc4nc5ccccc5[nH]c4=O)nn23)cc1. The summed E-state index contributed by atoms with van der Waals surface area (Å²) in [5.41, 5.74) is 3.21. The Kier molecular flexibility index (Phi) is 5.12. The highest BCUT2D eigenvalue weighted by Crippen LogP contribution is 2.27. The second-order valence-electron chi connectivity index (χ2n) is 7.06. The molecular formula is C22H18N6O3S. The molecule has 0 radical (unpaired) electrons. The van der Waals surface area contributed by atoms with Gasteiger partial charge in [0.25, 0.3) is 5.56 Å². The lowest BCUT2D eigenvalue weighted by molar-refractivity contribution is -0.116. The number of nitrogens with one attached hydrogen (secondary N) is 2. The van der Waals surface area contributed by atoms with E-state index < -0.39 is 0 Å². The molecule has 5 rings (SSSR count). The number of aryl methyl sites for hydroxylation is 1. The number of anilines is 1. The number of H-pyrrole nitrogens is 1. The van der Waals surface area contributed by atoms with Crippen molar-refractivity contribution >= 4 is 39.2 Å². The Morgan fingerprint density at radius 1 is 1.16 bits per heavy atom. The number of hydrogen-bond acceptors (Lipinski definition) is 7. The summed E-state index contributed by atoms with van der Waals surface area (Å²) in [6.07, 6.45) is 0.304. The largest absolute Gasteiger partial charge is 0.497 e. The van der Waals surface area contributed by atoms with Gasteiger partial charge in [-0.15, -0.1) is 16.4 Å². The molecule has 0 spiro atoms. The second kappa shape index (κ2) is 8.23. The van der Waals surface area contributed by atoms with Gasteiger partial charge in [-0.1, -0.05) is 12.1 Å². The van der Waals surface area contributed by atoms with E-state index in [2.05, 4.69) is 25.4 Å². The number of carbonyl (C=O) groups is 1. The van der Waals surface area contributed by atoms with E-state index in [1.165, 1.54) is 11.3 Å². The predicted octanol–water partition coefficient (Wildman–Crippen LogP) is 3.27. The van der Waals surface area contributed by atoms with Crippen molar-refractivity contribution in [3.8, 4) is 17.0 Å². The fourth-order valence-corrected chi connectivity index (χ4v) is 4.18. The number of benzene rings is 2. The lowest BCUT2D eigenvalue weighted by Gasteiger charge is -2.03. The zero-order valence-corrected chi connectivity index (χ0v) is 17.8. The summed E-state index contributed by atoms with van der Waals surface area (Å²) in [5.74, 6) is 0.701. The van der Waals surface area contributed by atoms with E-state index in [0.29, 0.717) is 21.7 Å². The van der Waals surface area contributed by atoms with Gasteiger partial charge in [0, 0.05) is 23.8 Å². The fraction of sp³-hybridized carbons (Fsp3) is 0.136. The molecule has 0 unspecified atom stereocenters. The van der Waals surface area contributed by atoms with E-state index in [0.717, 1.165) is 17.0 Å². The monoisotopic (exact) mass is 446 g/mol. The summed E-state index contributed by atoms with van der Waals surface area (Å²) < 4.78 is 6.89. The van der Waals surface area contributed by atoms with Gasteiger partial charge < -0.3 is 9.72 Å². The van der Waals surface area contributed by atoms with Gasteiger partial charge in [-0.3, -0.25) is 14.9 Å². The Labute approximate surface area is 185 Å². The first-order chi connectivity index (χ1) is 15.6. The molecular weight excluding hydrogens is 428 g/mol. The molecule has 2 aromatic carbocycles. The first-order valence-electron chi connectivity index (χ1n) is 9.87. The molecule has 10 heteroatoms. The molecule has 0 saturated carbocycles. The molecule has 5 aromatic rings. The van der Waals surface area contributed by atoms with Gasteiger partial charge in [0.1, 0.15) is 11.4 Å². The number of aromatic amines is 1. The van der Waals surface area contributed by atoms with Gasteiger partial charge in [0.2, 0.25) is 16.8 Å². The minimum absolute atomic E-state index is 0.0899. The summed E-state index contributed by atoms with van der Waals surface area (Å²) >= 11 is 1.43. The minimum atomic E-state index is -0.290. The van der Waals surface area contributed by atoms with E-state index in [1.54, 1.807) is 17.7 Å². The third kappa shape index (κ3) is 3.83. The maximum Gasteiger partial charge on any atom is 0.270 e. The van der Waals surface area contributed by atoms with Crippen LogP contribution in [0.25, 0.3) is 27.3 Å². The van der Waals surface area contributed by atoms with Crippen LogP contribution in [0.3, 0.4) is 0 Å². The summed E-state index contributed by atoms with van der Waals surface area (Å²) in [6.45, 7) is 0. The maximum absolute atomic E-state index is 12.4. The van der Waals surface area contributed by atoms with Crippen LogP contribution in [0.1, 0.15) is 12.1 Å². The number of hydrogen-bond donors (Lipinski definition) is 2. The molecule has 0 atom stereocenters. The first kappa shape index (κ1) is 19.9. The van der Waals surface area contributed by atoms with Crippen LogP contribution >= 0.6 is 11.3 Å². The van der Waals surface area contributed by atoms with Crippen molar-refractivity contribution in [2.24, 2.45) is 0 Å². The molecule has 0 aliphatic carbocycles. The average molecular weight is 446 g/mol. The van der Waals surface area contributed by atoms with Gasteiger partial charge in [-0.2, -0.15) is 4.98 Å². The Balaban J connectivity index is 1.29. The zero-order valence-electron chi connectivity index (χ0n) is 17.0. The highest BCUT2D eigenvalue weighted by Gasteiger charge is 2.14. The number of methoxy groups -OCH3 is 1. The number of thiazole rings is 1. The molecule has 0 aliphatic heterocycles. The van der Waals surface area contributed by atoms with Crippen LogP contribution in [0, 0.1) is 0 Å². The van der Waals surface area contributed by atoms with Crippen molar-refractivity contribution in [3.63, 3.8) is 0 Å². The van der Waals surface area contributed by atoms with Gasteiger partial charge >= 0.3 is 0 Å². The van der Waals surface area contributed by atoms with Crippen molar-refractivity contribution in [2.45, 2.75) is 12.8 Å². The number of amides is 1. The molecule has 0 fully saturated rings. The molecule has 0 saturated heterocycles. The van der Waals surface area contributed by atoms with Gasteiger partial charge in [0.05, 0.1) is 23.8 Å². The Morgan fingerprint density at radius 3 is 2.78 bits per heavy atom. The number of ether oxygens (including phenoxy) is 1. The van der Waals surface area contributed by atoms with Gasteiger partial charge in [-0.25, -0.2) is 9.50 Å². The Hall–Kier alpha value is -4.05. The van der Waals surface area contributed by atoms with Crippen LogP contribution in [0.15, 0.2) is 58.7 Å². The maximum atomic E-state index is 12.4. The van der Waals surface area contributed by atoms with Crippen LogP contribution in [0.4, 0.5) is 5.95 Å². The zero-order chi connectivity index (χ0) is 22.1. The molecule has 9 nitrogen and oxygen atoms in total. The standard InChI is InChI=1S/C22H18N6O3S/c1-31-14-8-6-13(7-9-14)18-12-32-22-26-21(27-28(18)22)25-19(29)11-10-17-20(30)24-16-5-3-2-4-15(16)23-17/h2-9,12H,10-11H2,1H3,(H,24,30)(H,25,27,29). The summed E-state index contributed by atoms with van der Waals surface area (Å²) in [6, 6.07) is 14.9. The molecule has 1 amide bonds. The van der Waals surface area contributed by atoms with Crippen LogP contribution in [-0.4, -0.2) is 37.6 Å². The Bertz CT molecular complexity index is 1490. The molecule has 0 bridgehead atoms. The number of fused-ring (bicyclic) bond motifs is 2. The van der Waals surface area contributed by atoms with Crippen LogP contribution in [0.5, 0.6) is 5.75 Å². The fourth-order valence-electron chi connectivity index (χ4n) is 3.35. The Morgan fingerprint density at radius 2 is 1.97 bits per heavy atom. The molecule has 0 aliphatic rings. The molecule has 3 aromatic heterocycles. The molecule has 2 N–H and O–H groups in total. The lowest BCUT2D eigenvalue weighted by Crippen LogP contribution is -2.19. The van der Waals surface area contributed by atoms with Crippen LogP contribution in [0.2, 0.25) is 0 Å². The van der Waals surface area contributed by atoms with E-state index in [-0.39, 0.29) is 30.3 Å². The van der Waals surface area contributed by atoms with Crippen molar-refractivity contribution < 1.29 is 9.53 Å². The van der Waals surface area contributed by atoms with Crippen molar-refractivity contribution in [2.75, 3.05) is 12.4 Å². The van der Waals surface area contributed by atoms with E-state index >= 15 is 0 Å². The number of rotatable bonds is 6. The van der Waals surface area contributed by atoms with Crippen molar-refractivity contribution in [1.82, 2.24) is 24.6 Å². The molecule has 160 valence electrons. The first-order valence-corrected chi connectivity index (χ1v) is 10.7. The topological polar surface area (TPSA) is 114 Å². The van der Waals surface area contributed by atoms with E-state index in [4.69, 9.17) is 4.74 Å². The molecule has 32 heavy (non-hydrogen) atoms. The third-order valence-corrected chi connectivity index (χ3v) is 5.79. The summed E-state index contributed by atoms with van der Waals surface area (Å²) in [5, 5.41) is 9.08. The van der Waals surface area contributed by atoms with Gasteiger partial charge in [-0.05, 0) is 36.4 Å². The quantitative estimate of drug-likeness (QED) is 0.414. The highest BCUT2D eigenvalue weighted by atomic mass is 32.1. The minimum Gasteiger partial charge on any atom is -0.497 e. The van der Waals surface area contributed by atoms with Crippen LogP contribution in [-0.2, 0) is 11.2 Å². The number of para-hydroxylation sites is 2. The smallest absolute Gasteiger partial charge is 0.270 e. The highest BCUT2D eigenvalue weighted by molar-refractivity contribution is 7.15. The number of carbonyl (C=O) groups excluding carboxylic acids is 1. The number of aromatic nitrogens is 5. The van der Waals surface area contributed by atoms with Crippen molar-refractivity contribution in [3.05, 3.63) is 70.0 Å². The van der Waals surface area contributed by atoms with Crippen LogP contribution < -0.4 is 15.6 Å². The van der Waals surface area contributed by atoms with Crippen molar-refractivity contribution in [1.29, 1.82) is 0 Å². The normalized spacial score (nSPS) is 11.2.